The van der Waals surface area contributed by atoms with Crippen LogP contribution in [0.25, 0.3) is 0 Å². The summed E-state index contributed by atoms with van der Waals surface area (Å²) < 4.78 is 5.72. The predicted octanol–water partition coefficient (Wildman–Crippen LogP) is 3.37. The van der Waals surface area contributed by atoms with Crippen LogP contribution in [-0.2, 0) is 6.42 Å². The van der Waals surface area contributed by atoms with Crippen molar-refractivity contribution < 1.29 is 9.84 Å². The monoisotopic (exact) mass is 259 g/mol. The van der Waals surface area contributed by atoms with Crippen molar-refractivity contribution in [3.05, 3.63) is 29.3 Å². The van der Waals surface area contributed by atoms with Crippen molar-refractivity contribution in [3.8, 4) is 11.8 Å². The zero-order valence-corrected chi connectivity index (χ0v) is 11.6. The molecule has 0 unspecified atom stereocenters. The molecule has 1 aliphatic rings. The van der Waals surface area contributed by atoms with Gasteiger partial charge in [-0.05, 0) is 62.8 Å². The minimum Gasteiger partial charge on any atom is -0.494 e. The molecule has 0 aliphatic heterocycles. The Hall–Kier alpha value is -1.53. The van der Waals surface area contributed by atoms with Gasteiger partial charge < -0.3 is 9.84 Å². The average Bonchev–Trinajstić information content (AvgIpc) is 2.76. The molecular formula is C16H21NO2. The van der Waals surface area contributed by atoms with Gasteiger partial charge in [0.15, 0.2) is 0 Å². The van der Waals surface area contributed by atoms with Crippen LogP contribution in [0.15, 0.2) is 18.2 Å². The number of ether oxygens (including phenoxy) is 1. The van der Waals surface area contributed by atoms with Gasteiger partial charge in [-0.1, -0.05) is 6.07 Å². The Balaban J connectivity index is 1.83. The van der Waals surface area contributed by atoms with Gasteiger partial charge in [0.2, 0.25) is 0 Å². The number of aryl methyl sites for hydroxylation is 1. The number of rotatable bonds is 5. The molecule has 0 aromatic heterocycles. The van der Waals surface area contributed by atoms with Gasteiger partial charge >= 0.3 is 0 Å². The molecule has 1 N–H and O–H groups in total. The van der Waals surface area contributed by atoms with Crippen molar-refractivity contribution in [2.45, 2.75) is 45.6 Å². The Morgan fingerprint density at radius 3 is 3.00 bits per heavy atom. The zero-order valence-electron chi connectivity index (χ0n) is 11.6. The molecule has 102 valence electrons. The smallest absolute Gasteiger partial charge is 0.119 e. The molecule has 0 heterocycles. The van der Waals surface area contributed by atoms with Crippen LogP contribution in [0.5, 0.6) is 5.75 Å². The number of nitrogens with zero attached hydrogens (tertiary/aromatic N) is 1. The highest BCUT2D eigenvalue weighted by Crippen LogP contribution is 2.33. The van der Waals surface area contributed by atoms with Crippen molar-refractivity contribution in [2.24, 2.45) is 5.41 Å². The quantitative estimate of drug-likeness (QED) is 0.825. The van der Waals surface area contributed by atoms with Crippen LogP contribution >= 0.6 is 0 Å². The van der Waals surface area contributed by atoms with E-state index in [4.69, 9.17) is 10.00 Å². The van der Waals surface area contributed by atoms with Gasteiger partial charge in [0, 0.05) is 0 Å². The summed E-state index contributed by atoms with van der Waals surface area (Å²) >= 11 is 0. The Labute approximate surface area is 114 Å². The van der Waals surface area contributed by atoms with E-state index in [1.54, 1.807) is 0 Å². The summed E-state index contributed by atoms with van der Waals surface area (Å²) in [6.45, 7) is 4.53. The number of aliphatic hydroxyl groups excluding tert-OH is 1. The van der Waals surface area contributed by atoms with Gasteiger partial charge in [-0.2, -0.15) is 5.26 Å². The fourth-order valence-corrected chi connectivity index (χ4v) is 2.42. The molecule has 0 amide bonds. The predicted molar refractivity (Wildman–Crippen MR) is 73.8 cm³/mol. The summed E-state index contributed by atoms with van der Waals surface area (Å²) in [7, 11) is 0. The van der Waals surface area contributed by atoms with Crippen LogP contribution < -0.4 is 4.74 Å². The van der Waals surface area contributed by atoms with Crippen LogP contribution in [0.3, 0.4) is 0 Å². The lowest BCUT2D eigenvalue weighted by Gasteiger charge is -2.15. The molecule has 1 aliphatic carbocycles. The molecule has 0 saturated heterocycles. The molecule has 0 spiro atoms. The van der Waals surface area contributed by atoms with Crippen LogP contribution in [-0.4, -0.2) is 11.7 Å². The molecule has 0 fully saturated rings. The SMILES string of the molecule is CC(C)(C#N)CCCOc1ccc2c(c1)CC[C@@H]2O. The lowest BCUT2D eigenvalue weighted by molar-refractivity contribution is 0.180. The highest BCUT2D eigenvalue weighted by atomic mass is 16.5. The molecule has 1 atom stereocenters. The average molecular weight is 259 g/mol. The van der Waals surface area contributed by atoms with E-state index in [1.807, 2.05) is 32.0 Å². The van der Waals surface area contributed by atoms with Gasteiger partial charge in [0.1, 0.15) is 5.75 Å². The first-order valence-electron chi connectivity index (χ1n) is 6.87. The Kier molecular flexibility index (Phi) is 4.11. The first-order valence-corrected chi connectivity index (χ1v) is 6.87. The number of hydrogen-bond acceptors (Lipinski definition) is 3. The fraction of sp³-hybridized carbons (Fsp3) is 0.562. The van der Waals surface area contributed by atoms with E-state index >= 15 is 0 Å². The third kappa shape index (κ3) is 3.48. The second-order valence-corrected chi connectivity index (χ2v) is 5.86. The zero-order chi connectivity index (χ0) is 13.9. The summed E-state index contributed by atoms with van der Waals surface area (Å²) in [5.74, 6) is 0.864. The van der Waals surface area contributed by atoms with E-state index in [9.17, 15) is 5.11 Å². The number of hydrogen-bond donors (Lipinski definition) is 1. The normalized spacial score (nSPS) is 17.9. The molecule has 3 heteroatoms. The molecule has 1 aromatic carbocycles. The molecule has 0 radical (unpaired) electrons. The Morgan fingerprint density at radius 2 is 2.26 bits per heavy atom. The maximum Gasteiger partial charge on any atom is 0.119 e. The number of aliphatic hydroxyl groups is 1. The molecule has 0 saturated carbocycles. The van der Waals surface area contributed by atoms with Crippen LogP contribution in [0.2, 0.25) is 0 Å². The van der Waals surface area contributed by atoms with Gasteiger partial charge in [0.05, 0.1) is 24.2 Å². The molecule has 0 bridgehead atoms. The van der Waals surface area contributed by atoms with E-state index in [2.05, 4.69) is 6.07 Å². The molecule has 2 rings (SSSR count). The van der Waals surface area contributed by atoms with Gasteiger partial charge in [-0.3, -0.25) is 0 Å². The summed E-state index contributed by atoms with van der Waals surface area (Å²) in [6.07, 6.45) is 3.15. The number of fused-ring (bicyclic) bond motifs is 1. The second kappa shape index (κ2) is 5.63. The van der Waals surface area contributed by atoms with E-state index < -0.39 is 0 Å². The topological polar surface area (TPSA) is 53.2 Å². The number of benzene rings is 1. The third-order valence-corrected chi connectivity index (χ3v) is 3.68. The maximum absolute atomic E-state index is 9.73. The standard InChI is InChI=1S/C16H21NO2/c1-16(2,11-17)8-3-9-19-13-5-6-14-12(10-13)4-7-15(14)18/h5-6,10,15,18H,3-4,7-9H2,1-2H3/t15-/m0/s1. The highest BCUT2D eigenvalue weighted by Gasteiger charge is 2.20. The second-order valence-electron chi connectivity index (χ2n) is 5.86. The van der Waals surface area contributed by atoms with Crippen molar-refractivity contribution >= 4 is 0 Å². The third-order valence-electron chi connectivity index (χ3n) is 3.68. The first-order chi connectivity index (χ1) is 9.02. The summed E-state index contributed by atoms with van der Waals surface area (Å²) in [4.78, 5) is 0. The van der Waals surface area contributed by atoms with Crippen LogP contribution in [0.4, 0.5) is 0 Å². The summed E-state index contributed by atoms with van der Waals surface area (Å²) in [5, 5.41) is 18.7. The highest BCUT2D eigenvalue weighted by molar-refractivity contribution is 5.39. The van der Waals surface area contributed by atoms with E-state index in [0.29, 0.717) is 6.61 Å². The number of nitriles is 1. The van der Waals surface area contributed by atoms with E-state index in [-0.39, 0.29) is 11.5 Å². The molecular weight excluding hydrogens is 238 g/mol. The fourth-order valence-electron chi connectivity index (χ4n) is 2.42. The van der Waals surface area contributed by atoms with E-state index in [0.717, 1.165) is 37.0 Å². The van der Waals surface area contributed by atoms with Crippen molar-refractivity contribution in [2.75, 3.05) is 6.61 Å². The van der Waals surface area contributed by atoms with Gasteiger partial charge in [-0.25, -0.2) is 0 Å². The van der Waals surface area contributed by atoms with Gasteiger partial charge in [-0.15, -0.1) is 0 Å². The summed E-state index contributed by atoms with van der Waals surface area (Å²) in [5.41, 5.74) is 1.96. The maximum atomic E-state index is 9.73. The van der Waals surface area contributed by atoms with Crippen LogP contribution in [0, 0.1) is 16.7 Å². The summed E-state index contributed by atoms with van der Waals surface area (Å²) in [6, 6.07) is 8.20. The largest absolute Gasteiger partial charge is 0.494 e. The van der Waals surface area contributed by atoms with Crippen molar-refractivity contribution in [3.63, 3.8) is 0 Å². The lowest BCUT2D eigenvalue weighted by Crippen LogP contribution is -2.10. The minimum atomic E-state index is -0.305. The Morgan fingerprint density at radius 1 is 1.47 bits per heavy atom. The van der Waals surface area contributed by atoms with Gasteiger partial charge in [0.25, 0.3) is 0 Å². The molecule has 19 heavy (non-hydrogen) atoms. The van der Waals surface area contributed by atoms with Crippen molar-refractivity contribution in [1.82, 2.24) is 0 Å². The van der Waals surface area contributed by atoms with Crippen molar-refractivity contribution in [1.29, 1.82) is 5.26 Å². The lowest BCUT2D eigenvalue weighted by atomic mass is 9.90. The molecule has 3 nitrogen and oxygen atoms in total. The minimum absolute atomic E-state index is 0.272. The first kappa shape index (κ1) is 13.9. The molecule has 1 aromatic rings. The Bertz CT molecular complexity index is 488. The van der Waals surface area contributed by atoms with E-state index in [1.165, 1.54) is 5.56 Å². The van der Waals surface area contributed by atoms with Crippen LogP contribution in [0.1, 0.15) is 50.3 Å².